The lowest BCUT2D eigenvalue weighted by Gasteiger charge is -2.17. The van der Waals surface area contributed by atoms with E-state index in [-0.39, 0.29) is 18.0 Å². The van der Waals surface area contributed by atoms with Crippen LogP contribution in [0.1, 0.15) is 31.4 Å². The molecule has 22 heavy (non-hydrogen) atoms. The molecular formula is C15H17F3N2O2. The quantitative estimate of drug-likeness (QED) is 0.868. The molecule has 0 radical (unpaired) electrons. The number of hydrogen-bond acceptors (Lipinski definition) is 2. The van der Waals surface area contributed by atoms with Crippen LogP contribution in [0.4, 0.5) is 18.0 Å². The highest BCUT2D eigenvalue weighted by atomic mass is 19.4. The molecule has 0 bridgehead atoms. The van der Waals surface area contributed by atoms with Crippen LogP contribution in [-0.4, -0.2) is 22.9 Å². The van der Waals surface area contributed by atoms with Crippen molar-refractivity contribution in [3.8, 4) is 0 Å². The number of halogens is 3. The van der Waals surface area contributed by atoms with Crippen molar-refractivity contribution >= 4 is 11.9 Å². The molecule has 0 aliphatic carbocycles. The molecule has 1 aliphatic heterocycles. The summed E-state index contributed by atoms with van der Waals surface area (Å²) in [5.74, 6) is -0.285. The van der Waals surface area contributed by atoms with Gasteiger partial charge in [0.2, 0.25) is 0 Å². The highest BCUT2D eigenvalue weighted by Crippen LogP contribution is 2.32. The highest BCUT2D eigenvalue weighted by molar-refractivity contribution is 6.04. The summed E-state index contributed by atoms with van der Waals surface area (Å²) in [7, 11) is 0. The Kier molecular flexibility index (Phi) is 4.44. The van der Waals surface area contributed by atoms with E-state index < -0.39 is 29.7 Å². The molecule has 1 fully saturated rings. The zero-order valence-electron chi connectivity index (χ0n) is 12.3. The largest absolute Gasteiger partial charge is 0.416 e. The van der Waals surface area contributed by atoms with Crippen LogP contribution in [0.25, 0.3) is 0 Å². The second kappa shape index (κ2) is 5.98. The minimum atomic E-state index is -4.52. The molecule has 1 aromatic rings. The number of carbonyl (C=O) groups excluding carboxylic acids is 2. The fourth-order valence-electron chi connectivity index (χ4n) is 2.46. The van der Waals surface area contributed by atoms with E-state index in [1.165, 1.54) is 18.2 Å². The maximum atomic E-state index is 13.0. The van der Waals surface area contributed by atoms with Gasteiger partial charge >= 0.3 is 12.2 Å². The Labute approximate surface area is 126 Å². The first-order valence-corrected chi connectivity index (χ1v) is 6.97. The van der Waals surface area contributed by atoms with Crippen LogP contribution in [0, 0.1) is 5.92 Å². The molecule has 120 valence electrons. The van der Waals surface area contributed by atoms with Crippen molar-refractivity contribution in [2.45, 2.75) is 39.0 Å². The Morgan fingerprint density at radius 2 is 1.86 bits per heavy atom. The summed E-state index contributed by atoms with van der Waals surface area (Å²) in [6, 6.07) is 3.64. The van der Waals surface area contributed by atoms with E-state index in [1.54, 1.807) is 0 Å². The van der Waals surface area contributed by atoms with Gasteiger partial charge in [-0.2, -0.15) is 13.2 Å². The second-order valence-corrected chi connectivity index (χ2v) is 5.71. The number of rotatable bonds is 4. The number of hydrogen-bond donors (Lipinski definition) is 1. The summed E-state index contributed by atoms with van der Waals surface area (Å²) in [4.78, 5) is 24.9. The van der Waals surface area contributed by atoms with E-state index in [1.807, 2.05) is 13.8 Å². The fraction of sp³-hybridized carbons (Fsp3) is 0.467. The molecule has 1 atom stereocenters. The predicted octanol–water partition coefficient (Wildman–Crippen LogP) is 3.17. The number of benzene rings is 1. The summed E-state index contributed by atoms with van der Waals surface area (Å²) in [6.07, 6.45) is -4.06. The van der Waals surface area contributed by atoms with E-state index in [0.29, 0.717) is 6.42 Å². The van der Waals surface area contributed by atoms with Crippen LogP contribution in [0.2, 0.25) is 0 Å². The van der Waals surface area contributed by atoms with Gasteiger partial charge in [-0.3, -0.25) is 9.69 Å². The van der Waals surface area contributed by atoms with E-state index in [9.17, 15) is 22.8 Å². The minimum Gasteiger partial charge on any atom is -0.326 e. The molecule has 1 N–H and O–H groups in total. The average molecular weight is 314 g/mol. The summed E-state index contributed by atoms with van der Waals surface area (Å²) >= 11 is 0. The summed E-state index contributed by atoms with van der Waals surface area (Å²) in [6.45, 7) is 3.43. The van der Waals surface area contributed by atoms with Gasteiger partial charge in [-0.15, -0.1) is 0 Å². The Hall–Kier alpha value is -2.05. The van der Waals surface area contributed by atoms with Gasteiger partial charge in [-0.05, 0) is 24.0 Å². The number of alkyl halides is 3. The van der Waals surface area contributed by atoms with Crippen LogP contribution < -0.4 is 5.32 Å². The average Bonchev–Trinajstić information content (AvgIpc) is 2.65. The zero-order chi connectivity index (χ0) is 16.5. The van der Waals surface area contributed by atoms with Crippen LogP contribution in [-0.2, 0) is 17.5 Å². The maximum absolute atomic E-state index is 13.0. The normalized spacial score (nSPS) is 19.0. The third-order valence-corrected chi connectivity index (χ3v) is 3.47. The molecule has 0 unspecified atom stereocenters. The van der Waals surface area contributed by atoms with Gasteiger partial charge in [0.05, 0.1) is 12.1 Å². The number of nitrogens with zero attached hydrogens (tertiary/aromatic N) is 1. The Morgan fingerprint density at radius 3 is 2.45 bits per heavy atom. The second-order valence-electron chi connectivity index (χ2n) is 5.71. The van der Waals surface area contributed by atoms with Crippen molar-refractivity contribution in [1.82, 2.24) is 10.2 Å². The highest BCUT2D eigenvalue weighted by Gasteiger charge is 2.40. The van der Waals surface area contributed by atoms with Crippen molar-refractivity contribution in [2.75, 3.05) is 0 Å². The smallest absolute Gasteiger partial charge is 0.326 e. The lowest BCUT2D eigenvalue weighted by atomic mass is 10.0. The SMILES string of the molecule is CC(C)C[C@@H]1NC(=O)N(Cc2ccccc2C(F)(F)F)C1=O. The molecule has 1 aromatic carbocycles. The van der Waals surface area contributed by atoms with Gasteiger partial charge in [0.1, 0.15) is 6.04 Å². The molecular weight excluding hydrogens is 297 g/mol. The van der Waals surface area contributed by atoms with E-state index in [0.717, 1.165) is 11.0 Å². The van der Waals surface area contributed by atoms with Crippen LogP contribution in [0.15, 0.2) is 24.3 Å². The van der Waals surface area contributed by atoms with Gasteiger partial charge in [0.15, 0.2) is 0 Å². The van der Waals surface area contributed by atoms with Crippen molar-refractivity contribution < 1.29 is 22.8 Å². The molecule has 2 rings (SSSR count). The first-order valence-electron chi connectivity index (χ1n) is 6.97. The molecule has 1 saturated heterocycles. The zero-order valence-corrected chi connectivity index (χ0v) is 12.3. The molecule has 1 aliphatic rings. The summed E-state index contributed by atoms with van der Waals surface area (Å²) in [5, 5.41) is 2.52. The monoisotopic (exact) mass is 314 g/mol. The van der Waals surface area contributed by atoms with Crippen molar-refractivity contribution in [3.05, 3.63) is 35.4 Å². The molecule has 1 heterocycles. The fourth-order valence-corrected chi connectivity index (χ4v) is 2.46. The number of urea groups is 1. The molecule has 0 saturated carbocycles. The van der Waals surface area contributed by atoms with Gasteiger partial charge in [0.25, 0.3) is 5.91 Å². The first kappa shape index (κ1) is 16.3. The number of carbonyl (C=O) groups is 2. The summed E-state index contributed by atoms with van der Waals surface area (Å²) < 4.78 is 38.9. The molecule has 0 aromatic heterocycles. The van der Waals surface area contributed by atoms with Crippen LogP contribution in [0.5, 0.6) is 0 Å². The van der Waals surface area contributed by atoms with Gasteiger partial charge in [-0.25, -0.2) is 4.79 Å². The van der Waals surface area contributed by atoms with E-state index >= 15 is 0 Å². The lowest BCUT2D eigenvalue weighted by Crippen LogP contribution is -2.32. The number of amides is 3. The van der Waals surface area contributed by atoms with Crippen molar-refractivity contribution in [3.63, 3.8) is 0 Å². The Morgan fingerprint density at radius 1 is 1.23 bits per heavy atom. The van der Waals surface area contributed by atoms with Crippen molar-refractivity contribution in [2.24, 2.45) is 5.92 Å². The van der Waals surface area contributed by atoms with Crippen LogP contribution in [0.3, 0.4) is 0 Å². The molecule has 4 nitrogen and oxygen atoms in total. The third kappa shape index (κ3) is 3.40. The lowest BCUT2D eigenvalue weighted by molar-refractivity contribution is -0.139. The number of nitrogens with one attached hydrogen (secondary N) is 1. The first-order chi connectivity index (χ1) is 10.2. The molecule has 3 amide bonds. The maximum Gasteiger partial charge on any atom is 0.416 e. The van der Waals surface area contributed by atoms with Crippen LogP contribution >= 0.6 is 0 Å². The van der Waals surface area contributed by atoms with Crippen molar-refractivity contribution in [1.29, 1.82) is 0 Å². The summed E-state index contributed by atoms with van der Waals surface area (Å²) in [5.41, 5.74) is -0.924. The van der Waals surface area contributed by atoms with Gasteiger partial charge in [-0.1, -0.05) is 32.0 Å². The number of imide groups is 1. The Bertz CT molecular complexity index is 584. The van der Waals surface area contributed by atoms with Gasteiger partial charge < -0.3 is 5.32 Å². The molecule has 0 spiro atoms. The van der Waals surface area contributed by atoms with E-state index in [4.69, 9.17) is 0 Å². The topological polar surface area (TPSA) is 49.4 Å². The third-order valence-electron chi connectivity index (χ3n) is 3.47. The standard InChI is InChI=1S/C15H17F3N2O2/c1-9(2)7-12-13(21)20(14(22)19-12)8-10-5-3-4-6-11(10)15(16,17)18/h3-6,9,12H,7-8H2,1-2H3,(H,19,22)/t12-/m0/s1. The van der Waals surface area contributed by atoms with Gasteiger partial charge in [0, 0.05) is 0 Å². The Balaban J connectivity index is 2.21. The minimum absolute atomic E-state index is 0.0938. The predicted molar refractivity (Wildman–Crippen MR) is 73.8 cm³/mol. The van der Waals surface area contributed by atoms with E-state index in [2.05, 4.69) is 5.32 Å². The molecule has 7 heteroatoms.